The third-order valence-electron chi connectivity index (χ3n) is 4.69. The zero-order valence-corrected chi connectivity index (χ0v) is 17.0. The maximum atomic E-state index is 6.17. The summed E-state index contributed by atoms with van der Waals surface area (Å²) in [6, 6.07) is 2.01. The molecule has 2 heterocycles. The molecule has 7 nitrogen and oxygen atoms in total. The Labute approximate surface area is 167 Å². The first-order valence-electron chi connectivity index (χ1n) is 9.38. The second-order valence-electron chi connectivity index (χ2n) is 6.84. The summed E-state index contributed by atoms with van der Waals surface area (Å²) >= 11 is 0. The van der Waals surface area contributed by atoms with Crippen molar-refractivity contribution in [2.75, 3.05) is 12.4 Å². The second kappa shape index (κ2) is 9.64. The molecule has 7 heteroatoms. The Kier molecular flexibility index (Phi) is 7.26. The van der Waals surface area contributed by atoms with Crippen molar-refractivity contribution in [1.82, 2.24) is 10.3 Å². The van der Waals surface area contributed by atoms with E-state index < -0.39 is 0 Å². The van der Waals surface area contributed by atoms with Gasteiger partial charge in [0.15, 0.2) is 0 Å². The summed E-state index contributed by atoms with van der Waals surface area (Å²) in [4.78, 5) is 8.59. The van der Waals surface area contributed by atoms with Crippen LogP contribution < -0.4 is 27.8 Å². The van der Waals surface area contributed by atoms with Crippen LogP contribution in [-0.4, -0.2) is 24.4 Å². The van der Waals surface area contributed by atoms with Crippen molar-refractivity contribution in [3.8, 4) is 0 Å². The van der Waals surface area contributed by atoms with Crippen LogP contribution in [0.2, 0.25) is 0 Å². The quantitative estimate of drug-likeness (QED) is 0.365. The van der Waals surface area contributed by atoms with E-state index in [1.807, 2.05) is 31.2 Å². The molecule has 0 fully saturated rings. The van der Waals surface area contributed by atoms with Crippen LogP contribution in [0.4, 0.5) is 5.69 Å². The molecule has 0 amide bonds. The first-order valence-corrected chi connectivity index (χ1v) is 9.38. The van der Waals surface area contributed by atoms with Crippen molar-refractivity contribution < 1.29 is 0 Å². The zero-order chi connectivity index (χ0) is 20.7. The lowest BCUT2D eigenvalue weighted by molar-refractivity contribution is 0.661. The molecule has 0 saturated carbocycles. The van der Waals surface area contributed by atoms with E-state index in [0.29, 0.717) is 17.4 Å². The maximum Gasteiger partial charge on any atom is 0.117 e. The maximum absolute atomic E-state index is 6.17. The number of allylic oxidation sites excluding steroid dienone is 4. The molecule has 1 aromatic rings. The van der Waals surface area contributed by atoms with Gasteiger partial charge in [-0.3, -0.25) is 9.98 Å². The van der Waals surface area contributed by atoms with E-state index >= 15 is 0 Å². The molecule has 1 aliphatic rings. The summed E-state index contributed by atoms with van der Waals surface area (Å²) < 4.78 is 0. The van der Waals surface area contributed by atoms with Crippen molar-refractivity contribution in [1.29, 1.82) is 0 Å². The Morgan fingerprint density at radius 1 is 1.43 bits per heavy atom. The topological polar surface area (TPSA) is 127 Å². The van der Waals surface area contributed by atoms with E-state index in [1.54, 1.807) is 25.7 Å². The number of rotatable bonds is 7. The summed E-state index contributed by atoms with van der Waals surface area (Å²) in [6.07, 6.45) is 11.8. The van der Waals surface area contributed by atoms with Crippen molar-refractivity contribution in [2.45, 2.75) is 33.4 Å². The molecular formula is C21H31N7. The third kappa shape index (κ3) is 5.16. The van der Waals surface area contributed by atoms with Crippen LogP contribution in [0.25, 0.3) is 11.6 Å². The van der Waals surface area contributed by atoms with Gasteiger partial charge >= 0.3 is 0 Å². The highest BCUT2D eigenvalue weighted by molar-refractivity contribution is 6.10. The van der Waals surface area contributed by atoms with Gasteiger partial charge in [0.25, 0.3) is 0 Å². The molecule has 2 rings (SSSR count). The van der Waals surface area contributed by atoms with E-state index in [1.165, 1.54) is 0 Å². The number of pyridine rings is 1. The van der Waals surface area contributed by atoms with Crippen molar-refractivity contribution in [3.63, 3.8) is 0 Å². The van der Waals surface area contributed by atoms with Gasteiger partial charge in [-0.05, 0) is 55.3 Å². The van der Waals surface area contributed by atoms with Crippen LogP contribution in [-0.2, 0) is 0 Å². The summed E-state index contributed by atoms with van der Waals surface area (Å²) in [5.74, 6) is 0.890. The highest BCUT2D eigenvalue weighted by atomic mass is 15.2. The van der Waals surface area contributed by atoms with Gasteiger partial charge < -0.3 is 27.8 Å². The highest BCUT2D eigenvalue weighted by Gasteiger charge is 2.15. The number of nitrogens with two attached hydrogens (primary N) is 3. The minimum Gasteiger partial charge on any atom is -0.404 e. The summed E-state index contributed by atoms with van der Waals surface area (Å²) in [6.45, 7) is 6.09. The van der Waals surface area contributed by atoms with Gasteiger partial charge in [-0.25, -0.2) is 0 Å². The summed E-state index contributed by atoms with van der Waals surface area (Å²) in [5, 5.41) is 6.65. The average Bonchev–Trinajstić information content (AvgIpc) is 2.68. The first kappa shape index (κ1) is 21.1. The molecule has 1 aliphatic heterocycles. The average molecular weight is 382 g/mol. The fourth-order valence-corrected chi connectivity index (χ4v) is 2.88. The van der Waals surface area contributed by atoms with Crippen LogP contribution in [0.3, 0.4) is 0 Å². The number of nitrogens with one attached hydrogen (secondary N) is 2. The summed E-state index contributed by atoms with van der Waals surface area (Å²) in [7, 11) is 1.72. The number of anilines is 1. The lowest BCUT2D eigenvalue weighted by Gasteiger charge is -2.24. The molecular weight excluding hydrogens is 350 g/mol. The predicted octanol–water partition coefficient (Wildman–Crippen LogP) is 2.52. The Morgan fingerprint density at radius 3 is 2.79 bits per heavy atom. The molecule has 8 N–H and O–H groups in total. The fourth-order valence-electron chi connectivity index (χ4n) is 2.88. The standard InChI is InChI=1S/C21H31N7/c1-5-13(2)15(10-22)9-20(24)28-21-7-6-18-19(27-21)8-16(11-26-18)17(12-25-4)14(3)23/h6-13,21,27-28H,5,22-24H2,1-4H3/b15-10+,17-14?,20-9+,25-12?. The molecule has 0 saturated heterocycles. The molecule has 2 atom stereocenters. The number of hydrogen-bond acceptors (Lipinski definition) is 7. The van der Waals surface area contributed by atoms with Gasteiger partial charge in [0, 0.05) is 36.3 Å². The Hall–Kier alpha value is -3.22. The molecule has 0 bridgehead atoms. The Balaban J connectivity index is 2.20. The minimum atomic E-state index is -0.164. The molecule has 150 valence electrons. The number of hydrogen-bond donors (Lipinski definition) is 5. The molecule has 0 aliphatic carbocycles. The van der Waals surface area contributed by atoms with Crippen molar-refractivity contribution in [3.05, 3.63) is 59.0 Å². The van der Waals surface area contributed by atoms with E-state index in [0.717, 1.165) is 34.5 Å². The van der Waals surface area contributed by atoms with Crippen molar-refractivity contribution in [2.24, 2.45) is 28.1 Å². The van der Waals surface area contributed by atoms with Gasteiger partial charge in [-0.15, -0.1) is 0 Å². The first-order chi connectivity index (χ1) is 13.4. The molecule has 1 aromatic heterocycles. The number of fused-ring (bicyclic) bond motifs is 1. The monoisotopic (exact) mass is 381 g/mol. The van der Waals surface area contributed by atoms with Crippen LogP contribution in [0.15, 0.2) is 52.7 Å². The van der Waals surface area contributed by atoms with E-state index in [4.69, 9.17) is 17.2 Å². The molecule has 2 unspecified atom stereocenters. The van der Waals surface area contributed by atoms with Gasteiger partial charge in [0.2, 0.25) is 0 Å². The molecule has 28 heavy (non-hydrogen) atoms. The number of aliphatic imine (C=N–C) groups is 1. The molecule has 0 aromatic carbocycles. The normalized spacial score (nSPS) is 19.1. The van der Waals surface area contributed by atoms with Gasteiger partial charge in [-0.2, -0.15) is 0 Å². The molecule has 0 radical (unpaired) electrons. The van der Waals surface area contributed by atoms with E-state index in [2.05, 4.69) is 34.5 Å². The number of aromatic nitrogens is 1. The smallest absolute Gasteiger partial charge is 0.117 e. The fraction of sp³-hybridized carbons (Fsp3) is 0.333. The van der Waals surface area contributed by atoms with E-state index in [9.17, 15) is 0 Å². The lowest BCUT2D eigenvalue weighted by atomic mass is 9.99. The lowest BCUT2D eigenvalue weighted by Crippen LogP contribution is -2.38. The van der Waals surface area contributed by atoms with Gasteiger partial charge in [-0.1, -0.05) is 13.8 Å². The van der Waals surface area contributed by atoms with Crippen LogP contribution in [0.5, 0.6) is 0 Å². The SMILES string of the molecule is CCC(C)C(=C/N)/C=C(\N)NC1C=Cc2ncc(C(C=NC)=C(C)N)cc2N1. The number of nitrogens with zero attached hydrogens (tertiary/aromatic N) is 2. The van der Waals surface area contributed by atoms with Crippen LogP contribution >= 0.6 is 0 Å². The highest BCUT2D eigenvalue weighted by Crippen LogP contribution is 2.25. The Bertz CT molecular complexity index is 842. The largest absolute Gasteiger partial charge is 0.404 e. The zero-order valence-electron chi connectivity index (χ0n) is 17.0. The van der Waals surface area contributed by atoms with Gasteiger partial charge in [0.1, 0.15) is 6.17 Å². The molecule has 0 spiro atoms. The van der Waals surface area contributed by atoms with Gasteiger partial charge in [0.05, 0.1) is 17.2 Å². The minimum absolute atomic E-state index is 0.164. The predicted molar refractivity (Wildman–Crippen MR) is 119 cm³/mol. The van der Waals surface area contributed by atoms with Crippen LogP contribution in [0.1, 0.15) is 38.4 Å². The Morgan fingerprint density at radius 2 is 2.18 bits per heavy atom. The van der Waals surface area contributed by atoms with E-state index in [-0.39, 0.29) is 6.17 Å². The second-order valence-corrected chi connectivity index (χ2v) is 6.84. The van der Waals surface area contributed by atoms with Crippen LogP contribution in [0, 0.1) is 5.92 Å². The summed E-state index contributed by atoms with van der Waals surface area (Å²) in [5.41, 5.74) is 23.1. The third-order valence-corrected chi connectivity index (χ3v) is 4.69. The van der Waals surface area contributed by atoms with Crippen molar-refractivity contribution >= 4 is 23.6 Å².